The Morgan fingerprint density at radius 1 is 1.42 bits per heavy atom. The smallest absolute Gasteiger partial charge is 0.313 e. The largest absolute Gasteiger partial charge is 0.465 e. The summed E-state index contributed by atoms with van der Waals surface area (Å²) < 4.78 is 5.25. The van der Waals surface area contributed by atoms with E-state index < -0.39 is 5.91 Å². The van der Waals surface area contributed by atoms with Gasteiger partial charge in [0, 0.05) is 5.56 Å². The number of primary amides is 1. The Bertz CT molecular complexity index is 480. The zero-order valence-corrected chi connectivity index (χ0v) is 11.1. The monoisotopic (exact) mass is 261 g/mol. The van der Waals surface area contributed by atoms with Crippen molar-refractivity contribution in [1.29, 1.82) is 0 Å². The van der Waals surface area contributed by atoms with E-state index in [4.69, 9.17) is 10.5 Å². The molecule has 0 saturated heterocycles. The average Bonchev–Trinajstić information content (AvgIpc) is 3.21. The second-order valence-electron chi connectivity index (χ2n) is 4.97. The first-order chi connectivity index (χ1) is 9.13. The number of carbonyl (C=O) groups is 2. The molecule has 4 nitrogen and oxygen atoms in total. The Morgan fingerprint density at radius 2 is 2.16 bits per heavy atom. The molecule has 0 aromatic heterocycles. The van der Waals surface area contributed by atoms with Gasteiger partial charge in [-0.3, -0.25) is 9.59 Å². The molecular weight excluding hydrogens is 242 g/mol. The van der Waals surface area contributed by atoms with Crippen molar-refractivity contribution in [3.63, 3.8) is 0 Å². The van der Waals surface area contributed by atoms with Crippen molar-refractivity contribution in [3.8, 4) is 0 Å². The Kier molecular flexibility index (Phi) is 4.20. The van der Waals surface area contributed by atoms with E-state index in [1.807, 2.05) is 13.0 Å². The van der Waals surface area contributed by atoms with Gasteiger partial charge in [-0.05, 0) is 42.9 Å². The van der Waals surface area contributed by atoms with Gasteiger partial charge in [0.05, 0.1) is 12.5 Å². The first kappa shape index (κ1) is 13.6. The fourth-order valence-electron chi connectivity index (χ4n) is 2.21. The van der Waals surface area contributed by atoms with Gasteiger partial charge in [-0.15, -0.1) is 0 Å². The van der Waals surface area contributed by atoms with Gasteiger partial charge in [-0.1, -0.05) is 19.1 Å². The van der Waals surface area contributed by atoms with E-state index in [9.17, 15) is 9.59 Å². The van der Waals surface area contributed by atoms with Gasteiger partial charge in [0.1, 0.15) is 0 Å². The van der Waals surface area contributed by atoms with Crippen molar-refractivity contribution in [1.82, 2.24) is 0 Å². The highest BCUT2D eigenvalue weighted by molar-refractivity contribution is 5.93. The van der Waals surface area contributed by atoms with E-state index in [0.717, 1.165) is 24.8 Å². The molecule has 0 aliphatic heterocycles. The van der Waals surface area contributed by atoms with Crippen LogP contribution in [0, 0.1) is 5.92 Å². The van der Waals surface area contributed by atoms with E-state index in [-0.39, 0.29) is 11.9 Å². The summed E-state index contributed by atoms with van der Waals surface area (Å²) in [5, 5.41) is 0. The second kappa shape index (κ2) is 5.87. The van der Waals surface area contributed by atoms with Gasteiger partial charge < -0.3 is 10.5 Å². The Morgan fingerprint density at radius 3 is 2.74 bits per heavy atom. The number of hydrogen-bond donors (Lipinski definition) is 1. The summed E-state index contributed by atoms with van der Waals surface area (Å²) >= 11 is 0. The Labute approximate surface area is 112 Å². The van der Waals surface area contributed by atoms with Crippen molar-refractivity contribution in [2.75, 3.05) is 6.61 Å². The molecule has 2 rings (SSSR count). The molecular formula is C15H19NO3. The van der Waals surface area contributed by atoms with Crippen LogP contribution in [0.25, 0.3) is 0 Å². The number of nitrogens with two attached hydrogens (primary N) is 1. The molecule has 0 heterocycles. The molecule has 1 fully saturated rings. The van der Waals surface area contributed by atoms with Crippen LogP contribution in [0.15, 0.2) is 24.3 Å². The fraction of sp³-hybridized carbons (Fsp3) is 0.467. The molecule has 4 heteroatoms. The van der Waals surface area contributed by atoms with Gasteiger partial charge in [-0.25, -0.2) is 0 Å². The van der Waals surface area contributed by atoms with Crippen molar-refractivity contribution in [2.45, 2.75) is 32.1 Å². The quantitative estimate of drug-likeness (QED) is 0.798. The topological polar surface area (TPSA) is 69.4 Å². The molecule has 0 spiro atoms. The third kappa shape index (κ3) is 3.34. The molecule has 0 radical (unpaired) electrons. The Hall–Kier alpha value is -1.84. The lowest BCUT2D eigenvalue weighted by molar-refractivity contribution is -0.146. The molecule has 1 aromatic rings. The average molecular weight is 261 g/mol. The first-order valence-corrected chi connectivity index (χ1v) is 6.70. The van der Waals surface area contributed by atoms with E-state index in [1.54, 1.807) is 18.2 Å². The summed E-state index contributed by atoms with van der Waals surface area (Å²) in [6, 6.07) is 6.99. The summed E-state index contributed by atoms with van der Waals surface area (Å²) in [4.78, 5) is 23.3. The van der Waals surface area contributed by atoms with Gasteiger partial charge >= 0.3 is 5.97 Å². The fourth-order valence-corrected chi connectivity index (χ4v) is 2.21. The van der Waals surface area contributed by atoms with Crippen LogP contribution in [0.5, 0.6) is 0 Å². The van der Waals surface area contributed by atoms with Crippen LogP contribution in [-0.4, -0.2) is 18.5 Å². The summed E-state index contributed by atoms with van der Waals surface area (Å²) in [7, 11) is 0. The third-order valence-electron chi connectivity index (χ3n) is 3.33. The highest BCUT2D eigenvalue weighted by Crippen LogP contribution is 2.43. The molecule has 1 atom stereocenters. The normalized spacial score (nSPS) is 15.8. The van der Waals surface area contributed by atoms with Crippen molar-refractivity contribution < 1.29 is 14.3 Å². The highest BCUT2D eigenvalue weighted by atomic mass is 16.5. The lowest BCUT2D eigenvalue weighted by Gasteiger charge is -2.16. The molecule has 1 saturated carbocycles. The van der Waals surface area contributed by atoms with Gasteiger partial charge in [0.15, 0.2) is 0 Å². The molecule has 102 valence electrons. The van der Waals surface area contributed by atoms with Gasteiger partial charge in [0.25, 0.3) is 0 Å². The van der Waals surface area contributed by atoms with Crippen LogP contribution < -0.4 is 5.73 Å². The summed E-state index contributed by atoms with van der Waals surface area (Å²) in [5.41, 5.74) is 6.55. The first-order valence-electron chi connectivity index (χ1n) is 6.70. The molecule has 0 bridgehead atoms. The zero-order chi connectivity index (χ0) is 13.8. The van der Waals surface area contributed by atoms with Gasteiger partial charge in [-0.2, -0.15) is 0 Å². The van der Waals surface area contributed by atoms with E-state index in [0.29, 0.717) is 18.1 Å². The molecule has 1 aromatic carbocycles. The molecule has 1 unspecified atom stereocenters. The number of ether oxygens (including phenoxy) is 1. The van der Waals surface area contributed by atoms with Crippen LogP contribution in [0.4, 0.5) is 0 Å². The molecule has 1 aliphatic rings. The lowest BCUT2D eigenvalue weighted by atomic mass is 9.93. The number of benzene rings is 1. The van der Waals surface area contributed by atoms with Crippen LogP contribution >= 0.6 is 0 Å². The van der Waals surface area contributed by atoms with Crippen molar-refractivity contribution in [2.24, 2.45) is 11.7 Å². The minimum absolute atomic E-state index is 0.189. The van der Waals surface area contributed by atoms with Crippen LogP contribution in [0.3, 0.4) is 0 Å². The molecule has 1 aliphatic carbocycles. The maximum absolute atomic E-state index is 12.1. The maximum atomic E-state index is 12.1. The number of amides is 1. The number of rotatable bonds is 6. The number of carbonyl (C=O) groups excluding carboxylic acids is 2. The second-order valence-corrected chi connectivity index (χ2v) is 4.97. The highest BCUT2D eigenvalue weighted by Gasteiger charge is 2.38. The summed E-state index contributed by atoms with van der Waals surface area (Å²) in [6.45, 7) is 2.41. The number of esters is 1. The molecule has 19 heavy (non-hydrogen) atoms. The summed E-state index contributed by atoms with van der Waals surface area (Å²) in [6.07, 6.45) is 2.88. The molecule has 2 N–H and O–H groups in total. The standard InChI is InChI=1S/C15H19NO3/c1-2-8-19-15(18)13(10-6-7-10)11-4-3-5-12(9-11)14(16)17/h3-5,9-10,13H,2,6-8H2,1H3,(H2,16,17). The van der Waals surface area contributed by atoms with E-state index in [1.165, 1.54) is 0 Å². The van der Waals surface area contributed by atoms with Gasteiger partial charge in [0.2, 0.25) is 5.91 Å². The molecule has 1 amide bonds. The van der Waals surface area contributed by atoms with Crippen molar-refractivity contribution >= 4 is 11.9 Å². The minimum Gasteiger partial charge on any atom is -0.465 e. The Balaban J connectivity index is 2.21. The minimum atomic E-state index is -0.474. The zero-order valence-electron chi connectivity index (χ0n) is 11.1. The van der Waals surface area contributed by atoms with Crippen LogP contribution in [-0.2, 0) is 9.53 Å². The number of hydrogen-bond acceptors (Lipinski definition) is 3. The lowest BCUT2D eigenvalue weighted by Crippen LogP contribution is -2.19. The predicted molar refractivity (Wildman–Crippen MR) is 71.7 cm³/mol. The van der Waals surface area contributed by atoms with Crippen molar-refractivity contribution in [3.05, 3.63) is 35.4 Å². The van der Waals surface area contributed by atoms with E-state index >= 15 is 0 Å². The summed E-state index contributed by atoms with van der Waals surface area (Å²) in [5.74, 6) is -0.581. The van der Waals surface area contributed by atoms with Crippen LogP contribution in [0.1, 0.15) is 48.0 Å². The SMILES string of the molecule is CCCOC(=O)C(c1cccc(C(N)=O)c1)C1CC1. The predicted octanol–water partition coefficient (Wildman–Crippen LogP) is 2.23. The maximum Gasteiger partial charge on any atom is 0.313 e. The van der Waals surface area contributed by atoms with E-state index in [2.05, 4.69) is 0 Å². The third-order valence-corrected chi connectivity index (χ3v) is 3.33. The van der Waals surface area contributed by atoms with Crippen LogP contribution in [0.2, 0.25) is 0 Å².